The molecule has 1 N–H and O–H groups in total. The number of halogens is 1. The molecule has 1 saturated heterocycles. The molecule has 3 rings (SSSR count). The van der Waals surface area contributed by atoms with Crippen LogP contribution in [-0.4, -0.2) is 40.3 Å². The minimum absolute atomic E-state index is 0.0246. The molecule has 1 atom stereocenters. The van der Waals surface area contributed by atoms with Crippen LogP contribution < -0.4 is 5.32 Å². The number of nitrogens with zero attached hydrogens (tertiary/aromatic N) is 3. The van der Waals surface area contributed by atoms with Crippen molar-refractivity contribution in [3.63, 3.8) is 0 Å². The molecule has 1 fully saturated rings. The molecule has 0 spiro atoms. The lowest BCUT2D eigenvalue weighted by molar-refractivity contribution is -0.145. The zero-order chi connectivity index (χ0) is 17.9. The molecular weight excluding hydrogens is 323 g/mol. The van der Waals surface area contributed by atoms with Gasteiger partial charge in [0.15, 0.2) is 5.54 Å². The van der Waals surface area contributed by atoms with Gasteiger partial charge < -0.3 is 10.2 Å². The molecule has 1 aromatic heterocycles. The summed E-state index contributed by atoms with van der Waals surface area (Å²) in [6, 6.07) is 5.92. The van der Waals surface area contributed by atoms with Crippen molar-refractivity contribution in [2.24, 2.45) is 0 Å². The minimum atomic E-state index is -1.17. The molecule has 6 nitrogen and oxygen atoms in total. The zero-order valence-electron chi connectivity index (χ0n) is 13.9. The average molecular weight is 342 g/mol. The Labute approximate surface area is 145 Å². The Kier molecular flexibility index (Phi) is 4.74. The summed E-state index contributed by atoms with van der Waals surface area (Å²) in [5.74, 6) is -0.923. The molecule has 0 unspecified atom stereocenters. The number of nitrogens with one attached hydrogen (secondary N) is 1. The van der Waals surface area contributed by atoms with Crippen molar-refractivity contribution in [1.82, 2.24) is 20.2 Å². The molecule has 2 heterocycles. The van der Waals surface area contributed by atoms with E-state index >= 15 is 0 Å². The molecule has 1 aliphatic rings. The van der Waals surface area contributed by atoms with E-state index in [0.717, 1.165) is 0 Å². The number of carbonyl (C=O) groups is 2. The van der Waals surface area contributed by atoms with Crippen LogP contribution in [0.25, 0.3) is 0 Å². The first kappa shape index (κ1) is 17.0. The normalized spacial score (nSPS) is 19.7. The monoisotopic (exact) mass is 342 g/mol. The Morgan fingerprint density at radius 2 is 2.20 bits per heavy atom. The third-order valence-electron chi connectivity index (χ3n) is 4.52. The standard InChI is InChI=1S/C18H19FN4O2/c1-20-17(25)18(15-12-21-7-8-22-15)6-3-9-23(18)16(24)11-13-4-2-5-14(19)10-13/h2,4-5,7-8,10,12H,3,6,9,11H2,1H3,(H,20,25)/t18-/m1/s1. The molecule has 130 valence electrons. The van der Waals surface area contributed by atoms with Crippen LogP contribution in [0, 0.1) is 5.82 Å². The number of benzene rings is 1. The number of likely N-dealkylation sites (N-methyl/N-ethyl adjacent to an activating group) is 1. The maximum Gasteiger partial charge on any atom is 0.252 e. The summed E-state index contributed by atoms with van der Waals surface area (Å²) in [5.41, 5.74) is -0.158. The lowest BCUT2D eigenvalue weighted by Crippen LogP contribution is -2.55. The highest BCUT2D eigenvalue weighted by Gasteiger charge is 2.51. The molecule has 25 heavy (non-hydrogen) atoms. The third-order valence-corrected chi connectivity index (χ3v) is 4.52. The van der Waals surface area contributed by atoms with Gasteiger partial charge in [-0.15, -0.1) is 0 Å². The first-order valence-electron chi connectivity index (χ1n) is 8.11. The minimum Gasteiger partial charge on any atom is -0.357 e. The number of hydrogen-bond acceptors (Lipinski definition) is 4. The van der Waals surface area contributed by atoms with Crippen molar-refractivity contribution in [3.05, 3.63) is 59.9 Å². The van der Waals surface area contributed by atoms with E-state index in [1.165, 1.54) is 37.8 Å². The van der Waals surface area contributed by atoms with Crippen LogP contribution in [0.3, 0.4) is 0 Å². The van der Waals surface area contributed by atoms with Gasteiger partial charge >= 0.3 is 0 Å². The summed E-state index contributed by atoms with van der Waals surface area (Å²) in [7, 11) is 1.54. The Hall–Kier alpha value is -2.83. The first-order chi connectivity index (χ1) is 12.1. The highest BCUT2D eigenvalue weighted by molar-refractivity contribution is 5.93. The van der Waals surface area contributed by atoms with Gasteiger partial charge in [-0.2, -0.15) is 0 Å². The van der Waals surface area contributed by atoms with Crippen LogP contribution in [0.2, 0.25) is 0 Å². The van der Waals surface area contributed by atoms with E-state index in [9.17, 15) is 14.0 Å². The summed E-state index contributed by atoms with van der Waals surface area (Å²) in [6.07, 6.45) is 5.72. The van der Waals surface area contributed by atoms with E-state index < -0.39 is 11.4 Å². The molecule has 1 aromatic carbocycles. The predicted octanol–water partition coefficient (Wildman–Crippen LogP) is 1.42. The Morgan fingerprint density at radius 3 is 2.88 bits per heavy atom. The number of rotatable bonds is 4. The predicted molar refractivity (Wildman–Crippen MR) is 88.8 cm³/mol. The maximum atomic E-state index is 13.4. The smallest absolute Gasteiger partial charge is 0.252 e. The molecule has 0 radical (unpaired) electrons. The van der Waals surface area contributed by atoms with Crippen LogP contribution in [0.15, 0.2) is 42.9 Å². The van der Waals surface area contributed by atoms with E-state index in [2.05, 4.69) is 15.3 Å². The second kappa shape index (κ2) is 6.96. The highest BCUT2D eigenvalue weighted by Crippen LogP contribution is 2.38. The van der Waals surface area contributed by atoms with Gasteiger partial charge in [-0.3, -0.25) is 19.6 Å². The van der Waals surface area contributed by atoms with Crippen molar-refractivity contribution in [3.8, 4) is 0 Å². The van der Waals surface area contributed by atoms with Crippen molar-refractivity contribution in [1.29, 1.82) is 0 Å². The fraction of sp³-hybridized carbons (Fsp3) is 0.333. The van der Waals surface area contributed by atoms with Gasteiger partial charge in [0.05, 0.1) is 18.3 Å². The fourth-order valence-electron chi connectivity index (χ4n) is 3.41. The van der Waals surface area contributed by atoms with E-state index in [1.54, 1.807) is 17.0 Å². The van der Waals surface area contributed by atoms with Gasteiger partial charge in [-0.1, -0.05) is 12.1 Å². The second-order valence-electron chi connectivity index (χ2n) is 5.99. The van der Waals surface area contributed by atoms with Crippen LogP contribution in [-0.2, 0) is 21.5 Å². The van der Waals surface area contributed by atoms with E-state index in [0.29, 0.717) is 30.6 Å². The fourth-order valence-corrected chi connectivity index (χ4v) is 3.41. The molecule has 7 heteroatoms. The lowest BCUT2D eigenvalue weighted by atomic mass is 9.90. The van der Waals surface area contributed by atoms with Crippen molar-refractivity contribution < 1.29 is 14.0 Å². The quantitative estimate of drug-likeness (QED) is 0.912. The van der Waals surface area contributed by atoms with Crippen LogP contribution >= 0.6 is 0 Å². The molecule has 2 amide bonds. The molecule has 0 bridgehead atoms. The van der Waals surface area contributed by atoms with E-state index in [-0.39, 0.29) is 18.2 Å². The van der Waals surface area contributed by atoms with Crippen molar-refractivity contribution in [2.45, 2.75) is 24.8 Å². The second-order valence-corrected chi connectivity index (χ2v) is 5.99. The summed E-state index contributed by atoms with van der Waals surface area (Å²) in [4.78, 5) is 35.5. The number of aromatic nitrogens is 2. The Balaban J connectivity index is 1.95. The Morgan fingerprint density at radius 1 is 1.36 bits per heavy atom. The molecular formula is C18H19FN4O2. The van der Waals surface area contributed by atoms with Crippen molar-refractivity contribution in [2.75, 3.05) is 13.6 Å². The third kappa shape index (κ3) is 3.09. The summed E-state index contributed by atoms with van der Waals surface area (Å²) in [5, 5.41) is 2.64. The van der Waals surface area contributed by atoms with Gasteiger partial charge in [-0.25, -0.2) is 4.39 Å². The largest absolute Gasteiger partial charge is 0.357 e. The molecule has 2 aromatic rings. The van der Waals surface area contributed by atoms with Gasteiger partial charge in [0.2, 0.25) is 5.91 Å². The van der Waals surface area contributed by atoms with Crippen LogP contribution in [0.1, 0.15) is 24.1 Å². The average Bonchev–Trinajstić information content (AvgIpc) is 3.08. The number of likely N-dealkylation sites (tertiary alicyclic amines) is 1. The van der Waals surface area contributed by atoms with Crippen LogP contribution in [0.4, 0.5) is 4.39 Å². The van der Waals surface area contributed by atoms with Gasteiger partial charge in [0.1, 0.15) is 5.82 Å². The van der Waals surface area contributed by atoms with Crippen molar-refractivity contribution >= 4 is 11.8 Å². The van der Waals surface area contributed by atoms with E-state index in [1.807, 2.05) is 0 Å². The SMILES string of the molecule is CNC(=O)[C@]1(c2cnccn2)CCCN1C(=O)Cc1cccc(F)c1. The molecule has 0 saturated carbocycles. The first-order valence-corrected chi connectivity index (χ1v) is 8.11. The highest BCUT2D eigenvalue weighted by atomic mass is 19.1. The summed E-state index contributed by atoms with van der Waals surface area (Å²) >= 11 is 0. The summed E-state index contributed by atoms with van der Waals surface area (Å²) < 4.78 is 13.4. The molecule has 0 aliphatic carbocycles. The number of carbonyl (C=O) groups excluding carboxylic acids is 2. The number of hydrogen-bond donors (Lipinski definition) is 1. The Bertz CT molecular complexity index is 784. The lowest BCUT2D eigenvalue weighted by Gasteiger charge is -2.36. The maximum absolute atomic E-state index is 13.4. The van der Waals surface area contributed by atoms with E-state index in [4.69, 9.17) is 0 Å². The number of amides is 2. The van der Waals surface area contributed by atoms with Gasteiger partial charge in [0.25, 0.3) is 5.91 Å². The summed E-state index contributed by atoms with van der Waals surface area (Å²) in [6.45, 7) is 0.443. The molecule has 1 aliphatic heterocycles. The van der Waals surface area contributed by atoms with Gasteiger partial charge in [0, 0.05) is 26.0 Å². The van der Waals surface area contributed by atoms with Crippen LogP contribution in [0.5, 0.6) is 0 Å². The topological polar surface area (TPSA) is 75.2 Å². The van der Waals surface area contributed by atoms with Gasteiger partial charge in [-0.05, 0) is 30.5 Å². The zero-order valence-corrected chi connectivity index (χ0v) is 13.9.